The lowest BCUT2D eigenvalue weighted by molar-refractivity contribution is 0.0816. The van der Waals surface area contributed by atoms with E-state index in [0.717, 1.165) is 11.4 Å². The molecule has 0 aliphatic rings. The third kappa shape index (κ3) is 3.20. The van der Waals surface area contributed by atoms with Crippen LogP contribution in [0.25, 0.3) is 0 Å². The number of hydrogen-bond donors (Lipinski definition) is 2. The van der Waals surface area contributed by atoms with Gasteiger partial charge in [0.15, 0.2) is 0 Å². The summed E-state index contributed by atoms with van der Waals surface area (Å²) in [5, 5.41) is 10.6. The quantitative estimate of drug-likeness (QED) is 0.749. The largest absolute Gasteiger partial charge is 0.397 e. The van der Waals surface area contributed by atoms with Gasteiger partial charge in [0.1, 0.15) is 5.03 Å². The van der Waals surface area contributed by atoms with E-state index >= 15 is 0 Å². The van der Waals surface area contributed by atoms with Gasteiger partial charge in [-0.15, -0.1) is 11.8 Å². The number of nitrogen functional groups attached to an aromatic ring is 1. The fourth-order valence-corrected chi connectivity index (χ4v) is 1.87. The van der Waals surface area contributed by atoms with Crippen LogP contribution in [0.15, 0.2) is 23.4 Å². The van der Waals surface area contributed by atoms with E-state index in [0.29, 0.717) is 11.4 Å². The van der Waals surface area contributed by atoms with Crippen molar-refractivity contribution in [3.63, 3.8) is 0 Å². The normalized spacial score (nSPS) is 15.1. The van der Waals surface area contributed by atoms with Gasteiger partial charge in [0.05, 0.1) is 11.3 Å². The molecule has 0 fully saturated rings. The van der Waals surface area contributed by atoms with E-state index in [9.17, 15) is 5.11 Å². The van der Waals surface area contributed by atoms with E-state index in [4.69, 9.17) is 5.73 Å². The fraction of sp³-hybridized carbons (Fsp3) is 0.500. The molecule has 78 valence electrons. The fourth-order valence-electron chi connectivity index (χ4n) is 0.850. The highest BCUT2D eigenvalue weighted by Gasteiger charge is 2.18. The second-order valence-corrected chi connectivity index (χ2v) is 4.50. The molecule has 1 heterocycles. The van der Waals surface area contributed by atoms with Crippen molar-refractivity contribution in [1.82, 2.24) is 4.98 Å². The third-order valence-electron chi connectivity index (χ3n) is 2.08. The third-order valence-corrected chi connectivity index (χ3v) is 3.46. The van der Waals surface area contributed by atoms with Crippen LogP contribution in [0.4, 0.5) is 5.69 Å². The zero-order valence-corrected chi connectivity index (χ0v) is 9.34. The Morgan fingerprint density at radius 2 is 2.36 bits per heavy atom. The maximum atomic E-state index is 9.79. The van der Waals surface area contributed by atoms with Gasteiger partial charge in [0, 0.05) is 11.9 Å². The van der Waals surface area contributed by atoms with Crippen molar-refractivity contribution in [3.05, 3.63) is 18.3 Å². The van der Waals surface area contributed by atoms with Gasteiger partial charge < -0.3 is 10.8 Å². The highest BCUT2D eigenvalue weighted by atomic mass is 32.2. The van der Waals surface area contributed by atoms with Crippen molar-refractivity contribution in [3.8, 4) is 0 Å². The van der Waals surface area contributed by atoms with Crippen LogP contribution in [-0.4, -0.2) is 21.4 Å². The van der Waals surface area contributed by atoms with Gasteiger partial charge in [-0.3, -0.25) is 0 Å². The molecule has 3 nitrogen and oxygen atoms in total. The van der Waals surface area contributed by atoms with Crippen molar-refractivity contribution in [2.75, 3.05) is 11.5 Å². The van der Waals surface area contributed by atoms with Gasteiger partial charge in [-0.1, -0.05) is 6.92 Å². The summed E-state index contributed by atoms with van der Waals surface area (Å²) in [4.78, 5) is 4.14. The first-order valence-electron chi connectivity index (χ1n) is 4.61. The number of aromatic nitrogens is 1. The summed E-state index contributed by atoms with van der Waals surface area (Å²) >= 11 is 1.49. The summed E-state index contributed by atoms with van der Waals surface area (Å²) < 4.78 is 0. The number of nitrogens with zero attached hydrogens (tertiary/aromatic N) is 1. The Labute approximate surface area is 88.7 Å². The monoisotopic (exact) mass is 212 g/mol. The first kappa shape index (κ1) is 11.3. The SMILES string of the molecule is CCC(C)(O)CSc1ncccc1N. The maximum absolute atomic E-state index is 9.79. The molecular formula is C10H16N2OS. The molecule has 1 rings (SSSR count). The Balaban J connectivity index is 2.58. The van der Waals surface area contributed by atoms with Crippen molar-refractivity contribution in [1.29, 1.82) is 0 Å². The van der Waals surface area contributed by atoms with Crippen LogP contribution in [0.3, 0.4) is 0 Å². The summed E-state index contributed by atoms with van der Waals surface area (Å²) in [6.07, 6.45) is 2.44. The van der Waals surface area contributed by atoms with Gasteiger partial charge in [-0.2, -0.15) is 0 Å². The summed E-state index contributed by atoms with van der Waals surface area (Å²) in [5.41, 5.74) is 5.75. The number of pyridine rings is 1. The highest BCUT2D eigenvalue weighted by molar-refractivity contribution is 7.99. The lowest BCUT2D eigenvalue weighted by Gasteiger charge is -2.20. The van der Waals surface area contributed by atoms with Gasteiger partial charge in [0.2, 0.25) is 0 Å². The number of thioether (sulfide) groups is 1. The molecule has 0 aliphatic heterocycles. The van der Waals surface area contributed by atoms with Crippen LogP contribution < -0.4 is 5.73 Å². The number of hydrogen-bond acceptors (Lipinski definition) is 4. The van der Waals surface area contributed by atoms with E-state index in [-0.39, 0.29) is 0 Å². The molecule has 0 spiro atoms. The summed E-state index contributed by atoms with van der Waals surface area (Å²) in [6.45, 7) is 3.78. The van der Waals surface area contributed by atoms with E-state index < -0.39 is 5.60 Å². The van der Waals surface area contributed by atoms with E-state index in [2.05, 4.69) is 4.98 Å². The molecule has 0 amide bonds. The average Bonchev–Trinajstić information content (AvgIpc) is 2.17. The van der Waals surface area contributed by atoms with Gasteiger partial charge >= 0.3 is 0 Å². The lowest BCUT2D eigenvalue weighted by Crippen LogP contribution is -2.25. The van der Waals surface area contributed by atoms with Crippen LogP contribution in [0.5, 0.6) is 0 Å². The minimum absolute atomic E-state index is 0.616. The van der Waals surface area contributed by atoms with E-state index in [1.807, 2.05) is 19.9 Å². The molecule has 3 N–H and O–H groups in total. The molecule has 14 heavy (non-hydrogen) atoms. The average molecular weight is 212 g/mol. The van der Waals surface area contributed by atoms with E-state index in [1.54, 1.807) is 12.3 Å². The topological polar surface area (TPSA) is 59.1 Å². The molecule has 1 unspecified atom stereocenters. The molecule has 1 aromatic heterocycles. The minimum atomic E-state index is -0.644. The van der Waals surface area contributed by atoms with Crippen LogP contribution in [0.1, 0.15) is 20.3 Å². The predicted octanol–water partition coefficient (Wildman–Crippen LogP) is 1.92. The molecule has 0 saturated heterocycles. The van der Waals surface area contributed by atoms with Crippen molar-refractivity contribution in [2.24, 2.45) is 0 Å². The zero-order valence-electron chi connectivity index (χ0n) is 8.53. The number of nitrogens with two attached hydrogens (primary N) is 1. The summed E-state index contributed by atoms with van der Waals surface area (Å²) in [5.74, 6) is 0.616. The smallest absolute Gasteiger partial charge is 0.119 e. The van der Waals surface area contributed by atoms with Crippen molar-refractivity contribution in [2.45, 2.75) is 30.9 Å². The number of rotatable bonds is 4. The highest BCUT2D eigenvalue weighted by Crippen LogP contribution is 2.26. The molecule has 0 aromatic carbocycles. The molecule has 0 radical (unpaired) electrons. The van der Waals surface area contributed by atoms with Crippen molar-refractivity contribution < 1.29 is 5.11 Å². The van der Waals surface area contributed by atoms with Crippen molar-refractivity contribution >= 4 is 17.4 Å². The van der Waals surface area contributed by atoms with Crippen LogP contribution in [-0.2, 0) is 0 Å². The lowest BCUT2D eigenvalue weighted by atomic mass is 10.1. The molecule has 1 aromatic rings. The standard InChI is InChI=1S/C10H16N2OS/c1-3-10(2,13)7-14-9-8(11)5-4-6-12-9/h4-6,13H,3,7,11H2,1-2H3. The van der Waals surface area contributed by atoms with Gasteiger partial charge in [0.25, 0.3) is 0 Å². The summed E-state index contributed by atoms with van der Waals surface area (Å²) in [6, 6.07) is 3.62. The van der Waals surface area contributed by atoms with Crippen LogP contribution in [0, 0.1) is 0 Å². The Morgan fingerprint density at radius 3 is 2.93 bits per heavy atom. The van der Waals surface area contributed by atoms with Crippen LogP contribution in [0.2, 0.25) is 0 Å². The number of anilines is 1. The second-order valence-electron chi connectivity index (χ2n) is 3.54. The Kier molecular flexibility index (Phi) is 3.77. The second kappa shape index (κ2) is 4.66. The molecule has 0 aliphatic carbocycles. The molecule has 0 saturated carbocycles. The predicted molar refractivity (Wildman–Crippen MR) is 60.3 cm³/mol. The first-order chi connectivity index (χ1) is 6.55. The van der Waals surface area contributed by atoms with E-state index in [1.165, 1.54) is 11.8 Å². The van der Waals surface area contributed by atoms with Gasteiger partial charge in [-0.25, -0.2) is 4.98 Å². The Morgan fingerprint density at radius 1 is 1.64 bits per heavy atom. The van der Waals surface area contributed by atoms with Crippen LogP contribution >= 0.6 is 11.8 Å². The molecule has 4 heteroatoms. The Bertz CT molecular complexity index is 302. The Hall–Kier alpha value is -0.740. The summed E-state index contributed by atoms with van der Waals surface area (Å²) in [7, 11) is 0. The zero-order chi connectivity index (χ0) is 10.6. The first-order valence-corrected chi connectivity index (χ1v) is 5.59. The molecule has 0 bridgehead atoms. The molecular weight excluding hydrogens is 196 g/mol. The van der Waals surface area contributed by atoms with Gasteiger partial charge in [-0.05, 0) is 25.5 Å². The molecule has 1 atom stereocenters. The maximum Gasteiger partial charge on any atom is 0.119 e. The minimum Gasteiger partial charge on any atom is -0.397 e. The number of aliphatic hydroxyl groups is 1.